The van der Waals surface area contributed by atoms with Crippen LogP contribution >= 0.6 is 23.4 Å². The Morgan fingerprint density at radius 2 is 1.45 bits per heavy atom. The molecule has 4 heterocycles. The molecule has 1 aliphatic heterocycles. The van der Waals surface area contributed by atoms with Crippen molar-refractivity contribution in [1.29, 1.82) is 0 Å². The number of hydrogen-bond acceptors (Lipinski definition) is 5. The maximum absolute atomic E-state index is 6.71. The van der Waals surface area contributed by atoms with Gasteiger partial charge in [0.25, 0.3) is 0 Å². The fourth-order valence-corrected chi connectivity index (χ4v) is 9.61. The van der Waals surface area contributed by atoms with Gasteiger partial charge in [-0.15, -0.1) is 0 Å². The maximum atomic E-state index is 6.71. The van der Waals surface area contributed by atoms with Gasteiger partial charge in [0, 0.05) is 55.8 Å². The second kappa shape index (κ2) is 9.13. The van der Waals surface area contributed by atoms with Gasteiger partial charge in [0.2, 0.25) is 0 Å². The predicted octanol–water partition coefficient (Wildman–Crippen LogP) is 11.3. The molecule has 3 aliphatic rings. The topological polar surface area (TPSA) is 42.2 Å². The first kappa shape index (κ1) is 25.8. The van der Waals surface area contributed by atoms with Gasteiger partial charge in [0.15, 0.2) is 0 Å². The number of fused-ring (bicyclic) bond motifs is 16. The van der Waals surface area contributed by atoms with Crippen LogP contribution in [0.1, 0.15) is 22.3 Å². The Hall–Kier alpha value is -5.36. The van der Waals surface area contributed by atoms with E-state index in [4.69, 9.17) is 26.0 Å². The van der Waals surface area contributed by atoms with Crippen molar-refractivity contribution in [2.75, 3.05) is 4.90 Å². The summed E-state index contributed by atoms with van der Waals surface area (Å²) in [4.78, 5) is 14.6. The van der Waals surface area contributed by atoms with E-state index in [0.717, 1.165) is 61.5 Å². The summed E-state index contributed by atoms with van der Waals surface area (Å²) in [6, 6.07) is 43.3. The normalized spacial score (nSPS) is 16.6. The number of hydrogen-bond donors (Lipinski definition) is 0. The Balaban J connectivity index is 1.21. The van der Waals surface area contributed by atoms with Gasteiger partial charge < -0.3 is 9.32 Å². The molecule has 0 saturated heterocycles. The molecule has 220 valence electrons. The number of benzene rings is 5. The Labute approximate surface area is 279 Å². The Morgan fingerprint density at radius 1 is 0.638 bits per heavy atom. The lowest BCUT2D eigenvalue weighted by Gasteiger charge is -2.35. The standard InChI is InChI=1S/C41H22ClN3OS/c42-23-20-31-39(44-22-23)38-30(11-7-19-43-38)41(31)28-10-3-1-9-27(28)37-29(41)17-18-33-40(37)47-36-14-6-4-12-32(36)45(33)24-15-16-26-25-8-2-5-13-34(25)46-35(26)21-24/h1-22H. The van der Waals surface area contributed by atoms with E-state index >= 15 is 0 Å². The Bertz CT molecular complexity index is 2660. The van der Waals surface area contributed by atoms with Crippen LogP contribution < -0.4 is 4.90 Å². The molecule has 2 aliphatic carbocycles. The zero-order chi connectivity index (χ0) is 30.9. The number of para-hydroxylation sites is 2. The number of halogens is 1. The molecule has 5 aromatic carbocycles. The van der Waals surface area contributed by atoms with Crippen LogP contribution in [0, 0.1) is 0 Å². The molecule has 1 unspecified atom stereocenters. The SMILES string of the molecule is Clc1cnc2c(c1)C1(c3ccccc3-c3c1ccc1c3Sc3ccccc3N1c1ccc3c(c1)oc1ccccc13)c1cccnc1-2. The van der Waals surface area contributed by atoms with Gasteiger partial charge in [0.1, 0.15) is 11.2 Å². The molecule has 8 aromatic rings. The molecular formula is C41H22ClN3OS. The largest absolute Gasteiger partial charge is 0.456 e. The zero-order valence-corrected chi connectivity index (χ0v) is 26.3. The Kier molecular flexibility index (Phi) is 5.01. The van der Waals surface area contributed by atoms with E-state index in [1.165, 1.54) is 32.0 Å². The number of anilines is 3. The molecule has 0 N–H and O–H groups in total. The number of nitrogens with zero attached hydrogens (tertiary/aromatic N) is 3. The zero-order valence-electron chi connectivity index (χ0n) is 24.7. The average molecular weight is 640 g/mol. The van der Waals surface area contributed by atoms with E-state index < -0.39 is 5.41 Å². The molecular weight excluding hydrogens is 618 g/mol. The van der Waals surface area contributed by atoms with Crippen LogP contribution in [0.2, 0.25) is 5.02 Å². The van der Waals surface area contributed by atoms with Crippen LogP contribution in [-0.4, -0.2) is 9.97 Å². The Morgan fingerprint density at radius 3 is 2.43 bits per heavy atom. The highest BCUT2D eigenvalue weighted by molar-refractivity contribution is 8.00. The summed E-state index contributed by atoms with van der Waals surface area (Å²) in [5, 5.41) is 2.87. The number of pyridine rings is 2. The summed E-state index contributed by atoms with van der Waals surface area (Å²) in [7, 11) is 0. The van der Waals surface area contributed by atoms with E-state index in [9.17, 15) is 0 Å². The minimum atomic E-state index is -0.576. The molecule has 0 radical (unpaired) electrons. The lowest BCUT2D eigenvalue weighted by Crippen LogP contribution is -2.26. The quantitative estimate of drug-likeness (QED) is 0.179. The highest BCUT2D eigenvalue weighted by Gasteiger charge is 2.54. The van der Waals surface area contributed by atoms with Crippen molar-refractivity contribution < 1.29 is 4.42 Å². The van der Waals surface area contributed by atoms with Gasteiger partial charge in [0.05, 0.1) is 33.2 Å². The second-order valence-corrected chi connectivity index (χ2v) is 13.8. The molecule has 47 heavy (non-hydrogen) atoms. The van der Waals surface area contributed by atoms with Crippen LogP contribution in [0.25, 0.3) is 44.5 Å². The predicted molar refractivity (Wildman–Crippen MR) is 189 cm³/mol. The molecule has 11 rings (SSSR count). The third kappa shape index (κ3) is 3.20. The monoisotopic (exact) mass is 639 g/mol. The third-order valence-electron chi connectivity index (χ3n) is 10.0. The van der Waals surface area contributed by atoms with Crippen molar-refractivity contribution in [3.05, 3.63) is 161 Å². The molecule has 0 amide bonds. The lowest BCUT2D eigenvalue weighted by atomic mass is 9.71. The maximum Gasteiger partial charge on any atom is 0.137 e. The van der Waals surface area contributed by atoms with Crippen LogP contribution in [-0.2, 0) is 5.41 Å². The van der Waals surface area contributed by atoms with Gasteiger partial charge >= 0.3 is 0 Å². The van der Waals surface area contributed by atoms with E-state index in [2.05, 4.69) is 108 Å². The highest BCUT2D eigenvalue weighted by Crippen LogP contribution is 2.66. The molecule has 4 nitrogen and oxygen atoms in total. The fraction of sp³-hybridized carbons (Fsp3) is 0.0244. The molecule has 3 aromatic heterocycles. The first-order valence-electron chi connectivity index (χ1n) is 15.6. The van der Waals surface area contributed by atoms with Crippen molar-refractivity contribution in [2.24, 2.45) is 0 Å². The fourth-order valence-electron chi connectivity index (χ4n) is 8.24. The summed E-state index contributed by atoms with van der Waals surface area (Å²) >= 11 is 8.55. The van der Waals surface area contributed by atoms with Crippen molar-refractivity contribution in [2.45, 2.75) is 15.2 Å². The molecule has 1 spiro atoms. The first-order chi connectivity index (χ1) is 23.2. The molecule has 0 fully saturated rings. The van der Waals surface area contributed by atoms with E-state index in [1.807, 2.05) is 36.2 Å². The average Bonchev–Trinajstić information content (AvgIpc) is 3.74. The van der Waals surface area contributed by atoms with E-state index in [-0.39, 0.29) is 0 Å². The highest BCUT2D eigenvalue weighted by atomic mass is 35.5. The van der Waals surface area contributed by atoms with Crippen LogP contribution in [0.4, 0.5) is 17.1 Å². The second-order valence-electron chi connectivity index (χ2n) is 12.3. The van der Waals surface area contributed by atoms with Crippen LogP contribution in [0.15, 0.2) is 148 Å². The molecule has 0 bridgehead atoms. The van der Waals surface area contributed by atoms with Gasteiger partial charge in [-0.25, -0.2) is 0 Å². The molecule has 6 heteroatoms. The van der Waals surface area contributed by atoms with Crippen molar-refractivity contribution in [1.82, 2.24) is 9.97 Å². The summed E-state index contributed by atoms with van der Waals surface area (Å²) in [5.74, 6) is 0. The number of furan rings is 1. The van der Waals surface area contributed by atoms with E-state index in [1.54, 1.807) is 6.20 Å². The lowest BCUT2D eigenvalue weighted by molar-refractivity contribution is 0.669. The molecule has 0 saturated carbocycles. The summed E-state index contributed by atoms with van der Waals surface area (Å²) in [6.45, 7) is 0. The van der Waals surface area contributed by atoms with Gasteiger partial charge in [-0.1, -0.05) is 90.1 Å². The van der Waals surface area contributed by atoms with Crippen molar-refractivity contribution in [3.8, 4) is 22.5 Å². The van der Waals surface area contributed by atoms with Crippen LogP contribution in [0.3, 0.4) is 0 Å². The van der Waals surface area contributed by atoms with E-state index in [0.29, 0.717) is 5.02 Å². The first-order valence-corrected chi connectivity index (χ1v) is 16.8. The van der Waals surface area contributed by atoms with Gasteiger partial charge in [-0.05, 0) is 70.8 Å². The minimum Gasteiger partial charge on any atom is -0.456 e. The number of rotatable bonds is 1. The minimum absolute atomic E-state index is 0.576. The summed E-state index contributed by atoms with van der Waals surface area (Å²) < 4.78 is 6.37. The molecule has 1 atom stereocenters. The number of aromatic nitrogens is 2. The summed E-state index contributed by atoms with van der Waals surface area (Å²) in [5.41, 5.74) is 13.5. The van der Waals surface area contributed by atoms with Gasteiger partial charge in [-0.2, -0.15) is 0 Å². The van der Waals surface area contributed by atoms with Crippen molar-refractivity contribution in [3.63, 3.8) is 0 Å². The van der Waals surface area contributed by atoms with Crippen molar-refractivity contribution >= 4 is 62.4 Å². The smallest absolute Gasteiger partial charge is 0.137 e. The summed E-state index contributed by atoms with van der Waals surface area (Å²) in [6.07, 6.45) is 3.59. The van der Waals surface area contributed by atoms with Gasteiger partial charge in [-0.3, -0.25) is 9.97 Å². The third-order valence-corrected chi connectivity index (χ3v) is 11.4. The van der Waals surface area contributed by atoms with Crippen LogP contribution in [0.5, 0.6) is 0 Å².